The molecule has 0 aliphatic rings. The molecule has 2 aromatic rings. The molecule has 1 N–H and O–H groups in total. The number of aliphatic carboxylic acids is 1. The lowest BCUT2D eigenvalue weighted by Gasteiger charge is -2.05. The van der Waals surface area contributed by atoms with Crippen molar-refractivity contribution in [3.05, 3.63) is 47.0 Å². The van der Waals surface area contributed by atoms with Gasteiger partial charge in [0.15, 0.2) is 0 Å². The zero-order valence-electron chi connectivity index (χ0n) is 9.08. The number of pyridine rings is 1. The Kier molecular flexibility index (Phi) is 3.13. The first-order valence-corrected chi connectivity index (χ1v) is 4.96. The average molecular weight is 249 g/mol. The number of carbonyl (C=O) groups is 1. The third kappa shape index (κ3) is 2.24. The Morgan fingerprint density at radius 3 is 2.67 bits per heavy atom. The molecule has 0 aromatic carbocycles. The monoisotopic (exact) mass is 249 g/mol. The van der Waals surface area contributed by atoms with Crippen molar-refractivity contribution in [3.8, 4) is 11.3 Å². The van der Waals surface area contributed by atoms with Gasteiger partial charge in [-0.15, -0.1) is 0 Å². The number of carboxylic acids is 1. The lowest BCUT2D eigenvalue weighted by Crippen LogP contribution is -2.27. The van der Waals surface area contributed by atoms with E-state index in [0.717, 1.165) is 6.33 Å². The lowest BCUT2D eigenvalue weighted by atomic mass is 10.2. The summed E-state index contributed by atoms with van der Waals surface area (Å²) in [5, 5.41) is 8.55. The molecule has 0 bridgehead atoms. The van der Waals surface area contributed by atoms with E-state index in [0.29, 0.717) is 10.1 Å². The third-order valence-corrected chi connectivity index (χ3v) is 2.24. The average Bonchev–Trinajstić information content (AvgIpc) is 2.36. The van der Waals surface area contributed by atoms with E-state index in [1.165, 1.54) is 24.5 Å². The van der Waals surface area contributed by atoms with E-state index in [9.17, 15) is 14.0 Å². The molecule has 0 saturated carbocycles. The van der Waals surface area contributed by atoms with Crippen LogP contribution in [0, 0.1) is 5.82 Å². The van der Waals surface area contributed by atoms with Crippen molar-refractivity contribution in [1.29, 1.82) is 0 Å². The molecule has 0 radical (unpaired) electrons. The van der Waals surface area contributed by atoms with Crippen molar-refractivity contribution >= 4 is 5.97 Å². The molecular formula is C11H8FN3O3. The predicted molar refractivity (Wildman–Crippen MR) is 59.3 cm³/mol. The fraction of sp³-hybridized carbons (Fsp3) is 0.0909. The van der Waals surface area contributed by atoms with Gasteiger partial charge in [0.1, 0.15) is 12.2 Å². The Morgan fingerprint density at radius 1 is 1.39 bits per heavy atom. The second-order valence-electron chi connectivity index (χ2n) is 3.47. The van der Waals surface area contributed by atoms with Crippen LogP contribution in [0.4, 0.5) is 4.39 Å². The molecule has 0 unspecified atom stereocenters. The van der Waals surface area contributed by atoms with Gasteiger partial charge < -0.3 is 5.11 Å². The zero-order chi connectivity index (χ0) is 13.1. The van der Waals surface area contributed by atoms with Gasteiger partial charge in [-0.2, -0.15) is 4.39 Å². The van der Waals surface area contributed by atoms with E-state index in [1.54, 1.807) is 0 Å². The first-order valence-electron chi connectivity index (χ1n) is 4.96. The van der Waals surface area contributed by atoms with Gasteiger partial charge >= 0.3 is 5.97 Å². The van der Waals surface area contributed by atoms with E-state index < -0.39 is 23.9 Å². The summed E-state index contributed by atoms with van der Waals surface area (Å²) in [7, 11) is 0. The first kappa shape index (κ1) is 11.9. The summed E-state index contributed by atoms with van der Waals surface area (Å²) >= 11 is 0. The fourth-order valence-corrected chi connectivity index (χ4v) is 1.43. The number of halogens is 1. The predicted octanol–water partition coefficient (Wildman–Crippen LogP) is 0.529. The summed E-state index contributed by atoms with van der Waals surface area (Å²) in [4.78, 5) is 29.6. The van der Waals surface area contributed by atoms with Crippen LogP contribution in [0.25, 0.3) is 11.3 Å². The molecule has 0 saturated heterocycles. The third-order valence-electron chi connectivity index (χ3n) is 2.24. The van der Waals surface area contributed by atoms with Crippen LogP contribution in [-0.2, 0) is 11.3 Å². The van der Waals surface area contributed by atoms with Crippen LogP contribution >= 0.6 is 0 Å². The van der Waals surface area contributed by atoms with Crippen molar-refractivity contribution in [2.75, 3.05) is 0 Å². The second-order valence-corrected chi connectivity index (χ2v) is 3.47. The summed E-state index contributed by atoms with van der Waals surface area (Å²) in [6.45, 7) is -0.626. The zero-order valence-corrected chi connectivity index (χ0v) is 9.08. The Labute approximate surface area is 100 Å². The molecule has 0 spiro atoms. The van der Waals surface area contributed by atoms with Gasteiger partial charge in [-0.05, 0) is 12.1 Å². The van der Waals surface area contributed by atoms with Gasteiger partial charge in [0.25, 0.3) is 5.56 Å². The molecule has 92 valence electrons. The van der Waals surface area contributed by atoms with Crippen LogP contribution < -0.4 is 5.56 Å². The van der Waals surface area contributed by atoms with E-state index in [-0.39, 0.29) is 5.69 Å². The number of carboxylic acid groups (broad SMARTS) is 1. The fourth-order valence-electron chi connectivity index (χ4n) is 1.43. The minimum Gasteiger partial charge on any atom is -0.480 e. The van der Waals surface area contributed by atoms with Crippen molar-refractivity contribution in [2.24, 2.45) is 0 Å². The number of nitrogens with zero attached hydrogens (tertiary/aromatic N) is 3. The molecule has 0 amide bonds. The molecule has 0 atom stereocenters. The largest absolute Gasteiger partial charge is 0.480 e. The normalized spacial score (nSPS) is 10.3. The molecule has 18 heavy (non-hydrogen) atoms. The lowest BCUT2D eigenvalue weighted by molar-refractivity contribution is -0.137. The van der Waals surface area contributed by atoms with Gasteiger partial charge in [0, 0.05) is 18.0 Å². The Hall–Kier alpha value is -2.57. The molecule has 2 heterocycles. The second kappa shape index (κ2) is 4.74. The number of aromatic nitrogens is 3. The van der Waals surface area contributed by atoms with E-state index >= 15 is 0 Å². The summed E-state index contributed by atoms with van der Waals surface area (Å²) in [6.07, 6.45) is 3.90. The van der Waals surface area contributed by atoms with E-state index in [1.807, 2.05) is 0 Å². The number of hydrogen-bond acceptors (Lipinski definition) is 4. The highest BCUT2D eigenvalue weighted by atomic mass is 19.1. The molecule has 2 rings (SSSR count). The van der Waals surface area contributed by atoms with E-state index in [2.05, 4.69) is 9.97 Å². The van der Waals surface area contributed by atoms with Crippen LogP contribution in [0.5, 0.6) is 0 Å². The first-order chi connectivity index (χ1) is 8.59. The molecule has 0 fully saturated rings. The highest BCUT2D eigenvalue weighted by molar-refractivity contribution is 5.66. The van der Waals surface area contributed by atoms with Gasteiger partial charge in [-0.3, -0.25) is 19.1 Å². The highest BCUT2D eigenvalue weighted by Gasteiger charge is 2.14. The highest BCUT2D eigenvalue weighted by Crippen LogP contribution is 2.16. The maximum Gasteiger partial charge on any atom is 0.323 e. The number of rotatable bonds is 3. The van der Waals surface area contributed by atoms with Crippen molar-refractivity contribution in [1.82, 2.24) is 14.5 Å². The summed E-state index contributed by atoms with van der Waals surface area (Å²) in [5.74, 6) is -2.32. The summed E-state index contributed by atoms with van der Waals surface area (Å²) in [6, 6.07) is 3.01. The SMILES string of the molecule is O=C(O)Cn1cnc(-c2ccncc2)c(F)c1=O. The minimum atomic E-state index is -1.24. The van der Waals surface area contributed by atoms with Gasteiger partial charge in [-0.25, -0.2) is 4.98 Å². The van der Waals surface area contributed by atoms with Crippen LogP contribution in [0.2, 0.25) is 0 Å². The van der Waals surface area contributed by atoms with Crippen molar-refractivity contribution in [2.45, 2.75) is 6.54 Å². The van der Waals surface area contributed by atoms with Crippen molar-refractivity contribution in [3.63, 3.8) is 0 Å². The quantitative estimate of drug-likeness (QED) is 0.857. The van der Waals surface area contributed by atoms with Gasteiger partial charge in [-0.1, -0.05) is 0 Å². The van der Waals surface area contributed by atoms with Crippen LogP contribution in [0.15, 0.2) is 35.6 Å². The molecule has 7 heteroatoms. The maximum atomic E-state index is 13.8. The van der Waals surface area contributed by atoms with Crippen LogP contribution in [-0.4, -0.2) is 25.6 Å². The summed E-state index contributed by atoms with van der Waals surface area (Å²) in [5.41, 5.74) is -0.731. The van der Waals surface area contributed by atoms with Crippen LogP contribution in [0.1, 0.15) is 0 Å². The van der Waals surface area contributed by atoms with E-state index in [4.69, 9.17) is 5.11 Å². The van der Waals surface area contributed by atoms with Crippen molar-refractivity contribution < 1.29 is 14.3 Å². The Morgan fingerprint density at radius 2 is 2.06 bits per heavy atom. The topological polar surface area (TPSA) is 85.1 Å². The summed E-state index contributed by atoms with van der Waals surface area (Å²) < 4.78 is 14.5. The number of hydrogen-bond donors (Lipinski definition) is 1. The molecular weight excluding hydrogens is 241 g/mol. The molecule has 2 aromatic heterocycles. The van der Waals surface area contributed by atoms with Crippen LogP contribution in [0.3, 0.4) is 0 Å². The maximum absolute atomic E-state index is 13.8. The minimum absolute atomic E-state index is 0.121. The molecule has 0 aliphatic carbocycles. The van der Waals surface area contributed by atoms with Gasteiger partial charge in [0.05, 0.1) is 6.33 Å². The standard InChI is InChI=1S/C11H8FN3O3/c12-9-10(7-1-3-13-4-2-7)14-6-15(11(9)18)5-8(16)17/h1-4,6H,5H2,(H,16,17). The van der Waals surface area contributed by atoms with Gasteiger partial charge in [0.2, 0.25) is 5.82 Å². The Balaban J connectivity index is 2.51. The Bertz CT molecular complexity index is 640. The molecule has 6 nitrogen and oxygen atoms in total. The smallest absolute Gasteiger partial charge is 0.323 e. The molecule has 0 aliphatic heterocycles.